The van der Waals surface area contributed by atoms with Gasteiger partial charge in [-0.15, -0.1) is 0 Å². The van der Waals surface area contributed by atoms with Crippen molar-refractivity contribution in [1.29, 1.82) is 0 Å². The van der Waals surface area contributed by atoms with Crippen molar-refractivity contribution in [3.05, 3.63) is 54.1 Å². The summed E-state index contributed by atoms with van der Waals surface area (Å²) in [7, 11) is 0. The highest BCUT2D eigenvalue weighted by Gasteiger charge is 2.38. The number of amides is 2. The van der Waals surface area contributed by atoms with Crippen LogP contribution in [0.2, 0.25) is 0 Å². The highest BCUT2D eigenvalue weighted by atomic mass is 32.2. The molecule has 1 aliphatic rings. The summed E-state index contributed by atoms with van der Waals surface area (Å²) in [6.45, 7) is 5.64. The van der Waals surface area contributed by atoms with E-state index in [4.69, 9.17) is 4.74 Å². The van der Waals surface area contributed by atoms with Crippen molar-refractivity contribution in [2.45, 2.75) is 32.4 Å². The SMILES string of the molecule is CCN1C(=O)C(CC(=O)Nc2ccccc2OC(C)=O)SC1=Nc1ccc(C)cc1. The molecule has 8 heteroatoms. The monoisotopic (exact) mass is 425 g/mol. The minimum atomic E-state index is -0.560. The van der Waals surface area contributed by atoms with Crippen LogP contribution < -0.4 is 10.1 Å². The fourth-order valence-electron chi connectivity index (χ4n) is 2.93. The van der Waals surface area contributed by atoms with E-state index in [0.29, 0.717) is 17.4 Å². The van der Waals surface area contributed by atoms with Crippen molar-refractivity contribution < 1.29 is 19.1 Å². The molecule has 0 aromatic heterocycles. The second-order valence-electron chi connectivity index (χ2n) is 6.76. The Bertz CT molecular complexity index is 988. The van der Waals surface area contributed by atoms with Crippen LogP contribution >= 0.6 is 11.8 Å². The van der Waals surface area contributed by atoms with Gasteiger partial charge in [-0.2, -0.15) is 0 Å². The number of nitrogens with one attached hydrogen (secondary N) is 1. The Morgan fingerprint density at radius 3 is 2.53 bits per heavy atom. The molecule has 2 amide bonds. The van der Waals surface area contributed by atoms with Gasteiger partial charge in [-0.25, -0.2) is 4.99 Å². The summed E-state index contributed by atoms with van der Waals surface area (Å²) in [5.74, 6) is -0.695. The lowest BCUT2D eigenvalue weighted by molar-refractivity contribution is -0.132. The molecular formula is C22H23N3O4S. The number of carbonyl (C=O) groups is 3. The van der Waals surface area contributed by atoms with Gasteiger partial charge in [0.2, 0.25) is 11.8 Å². The van der Waals surface area contributed by atoms with E-state index < -0.39 is 11.2 Å². The molecule has 1 aliphatic heterocycles. The number of ether oxygens (including phenoxy) is 1. The van der Waals surface area contributed by atoms with Crippen LogP contribution in [0.5, 0.6) is 5.75 Å². The molecule has 0 spiro atoms. The summed E-state index contributed by atoms with van der Waals surface area (Å²) >= 11 is 1.28. The van der Waals surface area contributed by atoms with E-state index in [-0.39, 0.29) is 24.0 Å². The largest absolute Gasteiger partial charge is 0.424 e. The molecule has 3 rings (SSSR count). The second kappa shape index (κ2) is 9.58. The van der Waals surface area contributed by atoms with Crippen LogP contribution in [-0.4, -0.2) is 39.6 Å². The summed E-state index contributed by atoms with van der Waals surface area (Å²) < 4.78 is 5.11. The molecule has 1 atom stereocenters. The van der Waals surface area contributed by atoms with E-state index >= 15 is 0 Å². The molecule has 30 heavy (non-hydrogen) atoms. The van der Waals surface area contributed by atoms with E-state index in [9.17, 15) is 14.4 Å². The Morgan fingerprint density at radius 2 is 1.87 bits per heavy atom. The normalized spacial score (nSPS) is 17.3. The first-order valence-electron chi connectivity index (χ1n) is 9.58. The number of hydrogen-bond acceptors (Lipinski definition) is 6. The molecule has 1 N–H and O–H groups in total. The predicted molar refractivity (Wildman–Crippen MR) is 118 cm³/mol. The Balaban J connectivity index is 1.71. The molecule has 2 aromatic carbocycles. The zero-order chi connectivity index (χ0) is 21.7. The topological polar surface area (TPSA) is 88.1 Å². The minimum absolute atomic E-state index is 0.0126. The van der Waals surface area contributed by atoms with E-state index in [0.717, 1.165) is 11.3 Å². The van der Waals surface area contributed by atoms with Crippen LogP contribution in [0.15, 0.2) is 53.5 Å². The van der Waals surface area contributed by atoms with Crippen molar-refractivity contribution in [2.24, 2.45) is 4.99 Å². The maximum absolute atomic E-state index is 12.8. The summed E-state index contributed by atoms with van der Waals surface area (Å²) in [6, 6.07) is 14.4. The third kappa shape index (κ3) is 5.27. The zero-order valence-electron chi connectivity index (χ0n) is 17.0. The molecule has 1 unspecified atom stereocenters. The fraction of sp³-hybridized carbons (Fsp3) is 0.273. The third-order valence-corrected chi connectivity index (χ3v) is 5.56. The molecule has 1 saturated heterocycles. The van der Waals surface area contributed by atoms with Gasteiger partial charge in [-0.05, 0) is 38.1 Å². The van der Waals surface area contributed by atoms with E-state index in [1.807, 2.05) is 38.1 Å². The van der Waals surface area contributed by atoms with Crippen LogP contribution in [-0.2, 0) is 14.4 Å². The molecule has 1 fully saturated rings. The van der Waals surface area contributed by atoms with E-state index in [1.165, 1.54) is 18.7 Å². The number of aliphatic imine (C=N–C) groups is 1. The molecule has 156 valence electrons. The van der Waals surface area contributed by atoms with Crippen LogP contribution in [0.3, 0.4) is 0 Å². The predicted octanol–water partition coefficient (Wildman–Crippen LogP) is 3.90. The van der Waals surface area contributed by atoms with Gasteiger partial charge in [0.05, 0.1) is 11.4 Å². The average molecular weight is 426 g/mol. The number of carbonyl (C=O) groups excluding carboxylic acids is 3. The molecule has 0 aliphatic carbocycles. The third-order valence-electron chi connectivity index (χ3n) is 4.38. The Kier molecular flexibility index (Phi) is 6.89. The van der Waals surface area contributed by atoms with E-state index in [2.05, 4.69) is 10.3 Å². The molecule has 0 saturated carbocycles. The maximum Gasteiger partial charge on any atom is 0.308 e. The fourth-order valence-corrected chi connectivity index (χ4v) is 4.15. The standard InChI is InChI=1S/C22H23N3O4S/c1-4-25-21(28)19(30-22(25)23-16-11-9-14(2)10-12-16)13-20(27)24-17-7-5-6-8-18(17)29-15(3)26/h5-12,19H,4,13H2,1-3H3,(H,24,27). The molecule has 2 aromatic rings. The molecule has 7 nitrogen and oxygen atoms in total. The lowest BCUT2D eigenvalue weighted by Gasteiger charge is -2.13. The molecule has 1 heterocycles. The average Bonchev–Trinajstić information content (AvgIpc) is 2.99. The first kappa shape index (κ1) is 21.6. The summed E-state index contributed by atoms with van der Waals surface area (Å²) in [5.41, 5.74) is 2.27. The van der Waals surface area contributed by atoms with Crippen molar-refractivity contribution in [1.82, 2.24) is 4.90 Å². The van der Waals surface area contributed by atoms with Gasteiger partial charge in [-0.1, -0.05) is 41.6 Å². The first-order valence-corrected chi connectivity index (χ1v) is 10.5. The lowest BCUT2D eigenvalue weighted by Crippen LogP contribution is -2.33. The highest BCUT2D eigenvalue weighted by Crippen LogP contribution is 2.32. The molecule has 0 radical (unpaired) electrons. The quantitative estimate of drug-likeness (QED) is 0.560. The van der Waals surface area contributed by atoms with Gasteiger partial charge in [0, 0.05) is 19.9 Å². The van der Waals surface area contributed by atoms with Gasteiger partial charge in [0.15, 0.2) is 10.9 Å². The van der Waals surface area contributed by atoms with Gasteiger partial charge >= 0.3 is 5.97 Å². The van der Waals surface area contributed by atoms with Gasteiger partial charge in [-0.3, -0.25) is 19.3 Å². The summed E-state index contributed by atoms with van der Waals surface area (Å²) in [6.07, 6.45) is -0.0126. The Labute approximate surface area is 179 Å². The first-order chi connectivity index (χ1) is 14.4. The van der Waals surface area contributed by atoms with Crippen LogP contribution in [0.1, 0.15) is 25.8 Å². The second-order valence-corrected chi connectivity index (χ2v) is 7.93. The van der Waals surface area contributed by atoms with E-state index in [1.54, 1.807) is 29.2 Å². The number of benzene rings is 2. The zero-order valence-corrected chi connectivity index (χ0v) is 17.9. The number of amidine groups is 1. The molecular weight excluding hydrogens is 402 g/mol. The number of aryl methyl sites for hydroxylation is 1. The maximum atomic E-state index is 12.8. The number of hydrogen-bond donors (Lipinski definition) is 1. The van der Waals surface area contributed by atoms with Crippen LogP contribution in [0, 0.1) is 6.92 Å². The highest BCUT2D eigenvalue weighted by molar-refractivity contribution is 8.15. The molecule has 0 bridgehead atoms. The number of thioether (sulfide) groups is 1. The van der Waals surface area contributed by atoms with Crippen molar-refractivity contribution in [3.8, 4) is 5.75 Å². The van der Waals surface area contributed by atoms with Gasteiger partial charge in [0.25, 0.3) is 0 Å². The minimum Gasteiger partial charge on any atom is -0.424 e. The van der Waals surface area contributed by atoms with Crippen molar-refractivity contribution >= 4 is 46.1 Å². The Hall–Kier alpha value is -3.13. The Morgan fingerprint density at radius 1 is 1.17 bits per heavy atom. The number of anilines is 1. The van der Waals surface area contributed by atoms with Crippen molar-refractivity contribution in [2.75, 3.05) is 11.9 Å². The number of nitrogens with zero attached hydrogens (tertiary/aromatic N) is 2. The number of esters is 1. The number of para-hydroxylation sites is 2. The summed E-state index contributed by atoms with van der Waals surface area (Å²) in [5, 5.41) is 2.75. The van der Waals surface area contributed by atoms with Gasteiger partial charge < -0.3 is 10.1 Å². The van der Waals surface area contributed by atoms with Crippen molar-refractivity contribution in [3.63, 3.8) is 0 Å². The van der Waals surface area contributed by atoms with Crippen LogP contribution in [0.25, 0.3) is 0 Å². The van der Waals surface area contributed by atoms with Gasteiger partial charge in [0.1, 0.15) is 5.25 Å². The number of rotatable bonds is 6. The smallest absolute Gasteiger partial charge is 0.308 e. The van der Waals surface area contributed by atoms with Crippen LogP contribution in [0.4, 0.5) is 11.4 Å². The lowest BCUT2D eigenvalue weighted by atomic mass is 10.2. The summed E-state index contributed by atoms with van der Waals surface area (Å²) in [4.78, 5) is 42.8.